The Labute approximate surface area is 80.9 Å². The topological polar surface area (TPSA) is 43.1 Å². The number of thiophene rings is 1. The van der Waals surface area contributed by atoms with Crippen molar-refractivity contribution >= 4 is 17.4 Å². The Bertz CT molecular complexity index is 366. The van der Waals surface area contributed by atoms with E-state index in [0.717, 1.165) is 10.4 Å². The Morgan fingerprint density at radius 1 is 1.62 bits per heavy atom. The second kappa shape index (κ2) is 3.70. The summed E-state index contributed by atoms with van der Waals surface area (Å²) >= 11 is 1.58. The summed E-state index contributed by atoms with van der Waals surface area (Å²) in [5.41, 5.74) is 1.29. The van der Waals surface area contributed by atoms with Crippen molar-refractivity contribution < 1.29 is 4.92 Å². The van der Waals surface area contributed by atoms with Gasteiger partial charge in [-0.3, -0.25) is 10.1 Å². The molecule has 0 radical (unpaired) electrons. The number of rotatable bonds is 2. The van der Waals surface area contributed by atoms with Crippen LogP contribution in [0.4, 0.5) is 0 Å². The first-order chi connectivity index (χ1) is 6.00. The van der Waals surface area contributed by atoms with Crippen LogP contribution in [0.5, 0.6) is 0 Å². The predicted molar refractivity (Wildman–Crippen MR) is 54.4 cm³/mol. The van der Waals surface area contributed by atoms with Crippen LogP contribution in [0.25, 0.3) is 6.08 Å². The molecule has 70 valence electrons. The van der Waals surface area contributed by atoms with Crippen molar-refractivity contribution in [2.24, 2.45) is 0 Å². The van der Waals surface area contributed by atoms with Gasteiger partial charge in [0.05, 0.1) is 4.92 Å². The van der Waals surface area contributed by atoms with E-state index in [4.69, 9.17) is 0 Å². The fourth-order valence-corrected chi connectivity index (χ4v) is 2.08. The van der Waals surface area contributed by atoms with Gasteiger partial charge in [0, 0.05) is 22.8 Å². The Morgan fingerprint density at radius 3 is 2.62 bits per heavy atom. The van der Waals surface area contributed by atoms with E-state index in [1.54, 1.807) is 17.4 Å². The lowest BCUT2D eigenvalue weighted by Crippen LogP contribution is -1.92. The SMILES string of the molecule is CC(=Cc1sc(C)cc1C)[N+](=O)[O-]. The minimum atomic E-state index is -0.367. The molecule has 0 aliphatic rings. The van der Waals surface area contributed by atoms with Crippen LogP contribution in [0.3, 0.4) is 0 Å². The van der Waals surface area contributed by atoms with Gasteiger partial charge in [0.25, 0.3) is 0 Å². The molecule has 0 atom stereocenters. The monoisotopic (exact) mass is 197 g/mol. The first-order valence-electron chi connectivity index (χ1n) is 3.90. The van der Waals surface area contributed by atoms with Crippen LogP contribution in [0.1, 0.15) is 22.2 Å². The van der Waals surface area contributed by atoms with Crippen LogP contribution in [-0.4, -0.2) is 4.92 Å². The number of allylic oxidation sites excluding steroid dienone is 1. The fraction of sp³-hybridized carbons (Fsp3) is 0.333. The molecule has 13 heavy (non-hydrogen) atoms. The highest BCUT2D eigenvalue weighted by Gasteiger charge is 2.05. The zero-order chi connectivity index (χ0) is 10.0. The van der Waals surface area contributed by atoms with Crippen LogP contribution < -0.4 is 0 Å². The quantitative estimate of drug-likeness (QED) is 0.540. The van der Waals surface area contributed by atoms with E-state index >= 15 is 0 Å². The van der Waals surface area contributed by atoms with E-state index in [1.807, 2.05) is 19.9 Å². The molecule has 0 spiro atoms. The molecule has 4 heteroatoms. The average molecular weight is 197 g/mol. The number of nitrogens with zero attached hydrogens (tertiary/aromatic N) is 1. The lowest BCUT2D eigenvalue weighted by Gasteiger charge is -1.90. The largest absolute Gasteiger partial charge is 0.259 e. The standard InChI is InChI=1S/C9H11NO2S/c1-6-4-8(3)13-9(6)5-7(2)10(11)12/h4-5H,1-3H3. The number of aryl methyl sites for hydroxylation is 2. The Hall–Kier alpha value is -1.16. The predicted octanol–water partition coefficient (Wildman–Crippen LogP) is 3.00. The molecule has 0 fully saturated rings. The molecule has 0 aliphatic carbocycles. The van der Waals surface area contributed by atoms with Gasteiger partial charge >= 0.3 is 0 Å². The van der Waals surface area contributed by atoms with Gasteiger partial charge < -0.3 is 0 Å². The molecular formula is C9H11NO2S. The van der Waals surface area contributed by atoms with E-state index in [2.05, 4.69) is 0 Å². The van der Waals surface area contributed by atoms with Crippen molar-refractivity contribution in [1.82, 2.24) is 0 Å². The number of nitro groups is 1. The maximum atomic E-state index is 10.4. The van der Waals surface area contributed by atoms with Gasteiger partial charge in [0.15, 0.2) is 0 Å². The summed E-state index contributed by atoms with van der Waals surface area (Å²) in [4.78, 5) is 12.2. The smallest absolute Gasteiger partial charge is 0.244 e. The van der Waals surface area contributed by atoms with Crippen molar-refractivity contribution in [2.45, 2.75) is 20.8 Å². The van der Waals surface area contributed by atoms with Gasteiger partial charge in [0.2, 0.25) is 5.70 Å². The van der Waals surface area contributed by atoms with Crippen molar-refractivity contribution in [1.29, 1.82) is 0 Å². The third kappa shape index (κ3) is 2.39. The van der Waals surface area contributed by atoms with Crippen LogP contribution in [0.15, 0.2) is 11.8 Å². The summed E-state index contributed by atoms with van der Waals surface area (Å²) in [5, 5.41) is 10.4. The molecule has 0 unspecified atom stereocenters. The van der Waals surface area contributed by atoms with Crippen LogP contribution in [0, 0.1) is 24.0 Å². The molecule has 0 amide bonds. The lowest BCUT2D eigenvalue weighted by atomic mass is 10.2. The Balaban J connectivity index is 3.03. The van der Waals surface area contributed by atoms with Gasteiger partial charge in [-0.1, -0.05) is 0 Å². The summed E-state index contributed by atoms with van der Waals surface area (Å²) in [7, 11) is 0. The molecule has 1 heterocycles. The zero-order valence-corrected chi connectivity index (χ0v) is 8.64. The van der Waals surface area contributed by atoms with E-state index in [1.165, 1.54) is 11.8 Å². The van der Waals surface area contributed by atoms with E-state index in [0.29, 0.717) is 0 Å². The highest BCUT2D eigenvalue weighted by molar-refractivity contribution is 7.13. The second-order valence-electron chi connectivity index (χ2n) is 2.95. The molecule has 0 aliphatic heterocycles. The van der Waals surface area contributed by atoms with Crippen molar-refractivity contribution in [3.63, 3.8) is 0 Å². The van der Waals surface area contributed by atoms with Crippen molar-refractivity contribution in [2.75, 3.05) is 0 Å². The van der Waals surface area contributed by atoms with Crippen molar-refractivity contribution in [3.05, 3.63) is 37.2 Å². The molecule has 1 aromatic rings. The molecule has 0 bridgehead atoms. The molecule has 1 aromatic heterocycles. The van der Waals surface area contributed by atoms with E-state index in [-0.39, 0.29) is 10.6 Å². The normalized spacial score (nSPS) is 11.8. The molecular weight excluding hydrogens is 186 g/mol. The molecule has 0 aromatic carbocycles. The van der Waals surface area contributed by atoms with Gasteiger partial charge in [-0.05, 0) is 25.5 Å². The summed E-state index contributed by atoms with van der Waals surface area (Å²) in [6.45, 7) is 5.47. The highest BCUT2D eigenvalue weighted by Crippen LogP contribution is 2.23. The third-order valence-corrected chi connectivity index (χ3v) is 2.81. The van der Waals surface area contributed by atoms with Gasteiger partial charge in [0.1, 0.15) is 0 Å². The molecule has 0 N–H and O–H groups in total. The van der Waals surface area contributed by atoms with Gasteiger partial charge in [-0.25, -0.2) is 0 Å². The van der Waals surface area contributed by atoms with E-state index < -0.39 is 0 Å². The number of hydrogen-bond donors (Lipinski definition) is 0. The van der Waals surface area contributed by atoms with Crippen LogP contribution >= 0.6 is 11.3 Å². The van der Waals surface area contributed by atoms with Gasteiger partial charge in [-0.2, -0.15) is 0 Å². The minimum Gasteiger partial charge on any atom is -0.259 e. The Kier molecular flexibility index (Phi) is 2.83. The maximum Gasteiger partial charge on any atom is 0.244 e. The highest BCUT2D eigenvalue weighted by atomic mass is 32.1. The van der Waals surface area contributed by atoms with E-state index in [9.17, 15) is 10.1 Å². The maximum absolute atomic E-state index is 10.4. The summed E-state index contributed by atoms with van der Waals surface area (Å²) in [5.74, 6) is 0. The third-order valence-electron chi connectivity index (χ3n) is 1.71. The lowest BCUT2D eigenvalue weighted by molar-refractivity contribution is -0.422. The van der Waals surface area contributed by atoms with Crippen molar-refractivity contribution in [3.8, 4) is 0 Å². The molecule has 3 nitrogen and oxygen atoms in total. The summed E-state index contributed by atoms with van der Waals surface area (Å²) in [6, 6.07) is 2.03. The minimum absolute atomic E-state index is 0.185. The average Bonchev–Trinajstić information content (AvgIpc) is 2.30. The Morgan fingerprint density at radius 2 is 2.23 bits per heavy atom. The molecule has 0 saturated carbocycles. The first-order valence-corrected chi connectivity index (χ1v) is 4.72. The molecule has 1 rings (SSSR count). The number of hydrogen-bond acceptors (Lipinski definition) is 3. The van der Waals surface area contributed by atoms with Crippen LogP contribution in [-0.2, 0) is 0 Å². The summed E-state index contributed by atoms with van der Waals surface area (Å²) < 4.78 is 0. The molecule has 0 saturated heterocycles. The fourth-order valence-electron chi connectivity index (χ4n) is 1.05. The zero-order valence-electron chi connectivity index (χ0n) is 7.83. The first kappa shape index (κ1) is 9.92. The second-order valence-corrected chi connectivity index (χ2v) is 4.24. The van der Waals surface area contributed by atoms with Gasteiger partial charge in [-0.15, -0.1) is 11.3 Å². The van der Waals surface area contributed by atoms with Crippen LogP contribution in [0.2, 0.25) is 0 Å². The summed E-state index contributed by atoms with van der Waals surface area (Å²) in [6.07, 6.45) is 1.62.